The third-order valence-corrected chi connectivity index (χ3v) is 5.32. The van der Waals surface area contributed by atoms with Gasteiger partial charge in [-0.05, 0) is 49.6 Å². The minimum Gasteiger partial charge on any atom is -0.352 e. The molecule has 0 aliphatic carbocycles. The standard InChI is InChI=1S/C22H26Cl2N2O2/c1-4-15(2)25-22(28)16(3)26(14-18-9-5-6-11-20(18)24)21(27)13-17-8-7-10-19(23)12-17/h5-12,15-16H,4,13-14H2,1-3H3,(H,25,28). The Bertz CT molecular complexity index is 826. The van der Waals surface area contributed by atoms with Gasteiger partial charge in [-0.15, -0.1) is 0 Å². The van der Waals surface area contributed by atoms with Crippen molar-refractivity contribution in [3.8, 4) is 0 Å². The highest BCUT2D eigenvalue weighted by molar-refractivity contribution is 6.31. The van der Waals surface area contributed by atoms with E-state index in [2.05, 4.69) is 5.32 Å². The number of nitrogens with zero attached hydrogens (tertiary/aromatic N) is 1. The second kappa shape index (κ2) is 10.5. The Morgan fingerprint density at radius 3 is 2.43 bits per heavy atom. The van der Waals surface area contributed by atoms with E-state index in [9.17, 15) is 9.59 Å². The van der Waals surface area contributed by atoms with E-state index in [1.54, 1.807) is 30.0 Å². The SMILES string of the molecule is CCC(C)NC(=O)C(C)N(Cc1ccccc1Cl)C(=O)Cc1cccc(Cl)c1. The molecule has 0 aromatic heterocycles. The molecule has 6 heteroatoms. The molecule has 4 nitrogen and oxygen atoms in total. The van der Waals surface area contributed by atoms with E-state index in [4.69, 9.17) is 23.2 Å². The Morgan fingerprint density at radius 2 is 1.79 bits per heavy atom. The maximum atomic E-state index is 13.1. The average molecular weight is 421 g/mol. The highest BCUT2D eigenvalue weighted by Gasteiger charge is 2.27. The van der Waals surface area contributed by atoms with Gasteiger partial charge < -0.3 is 10.2 Å². The Labute approximate surface area is 176 Å². The summed E-state index contributed by atoms with van der Waals surface area (Å²) in [4.78, 5) is 27.4. The zero-order valence-electron chi connectivity index (χ0n) is 16.4. The highest BCUT2D eigenvalue weighted by atomic mass is 35.5. The number of benzene rings is 2. The Morgan fingerprint density at radius 1 is 1.07 bits per heavy atom. The number of hydrogen-bond donors (Lipinski definition) is 1. The number of carbonyl (C=O) groups excluding carboxylic acids is 2. The summed E-state index contributed by atoms with van der Waals surface area (Å²) in [5.41, 5.74) is 1.60. The number of halogens is 2. The second-order valence-corrected chi connectivity index (χ2v) is 7.76. The lowest BCUT2D eigenvalue weighted by Crippen LogP contribution is -2.49. The molecule has 0 bridgehead atoms. The highest BCUT2D eigenvalue weighted by Crippen LogP contribution is 2.20. The molecule has 0 fully saturated rings. The molecule has 150 valence electrons. The molecule has 1 N–H and O–H groups in total. The van der Waals surface area contributed by atoms with Gasteiger partial charge in [0, 0.05) is 22.6 Å². The first-order valence-corrected chi connectivity index (χ1v) is 10.1. The monoisotopic (exact) mass is 420 g/mol. The van der Waals surface area contributed by atoms with Crippen molar-refractivity contribution in [2.45, 2.75) is 52.2 Å². The van der Waals surface area contributed by atoms with Crippen LogP contribution in [0.4, 0.5) is 0 Å². The van der Waals surface area contributed by atoms with Crippen LogP contribution in [0.25, 0.3) is 0 Å². The molecule has 2 unspecified atom stereocenters. The number of hydrogen-bond acceptors (Lipinski definition) is 2. The zero-order valence-corrected chi connectivity index (χ0v) is 17.9. The van der Waals surface area contributed by atoms with Gasteiger partial charge in [-0.25, -0.2) is 0 Å². The van der Waals surface area contributed by atoms with Crippen LogP contribution < -0.4 is 5.32 Å². The van der Waals surface area contributed by atoms with Gasteiger partial charge in [0.2, 0.25) is 11.8 Å². The summed E-state index contributed by atoms with van der Waals surface area (Å²) in [5, 5.41) is 4.09. The number of carbonyl (C=O) groups is 2. The molecule has 0 saturated carbocycles. The molecular formula is C22H26Cl2N2O2. The van der Waals surface area contributed by atoms with Gasteiger partial charge in [-0.1, -0.05) is 60.5 Å². The van der Waals surface area contributed by atoms with Gasteiger partial charge in [-0.2, -0.15) is 0 Å². The predicted octanol–water partition coefficient (Wildman–Crippen LogP) is 4.87. The molecule has 28 heavy (non-hydrogen) atoms. The van der Waals surface area contributed by atoms with Crippen LogP contribution in [-0.4, -0.2) is 28.8 Å². The van der Waals surface area contributed by atoms with E-state index in [-0.39, 0.29) is 30.8 Å². The molecule has 0 aliphatic heterocycles. The van der Waals surface area contributed by atoms with E-state index < -0.39 is 6.04 Å². The number of nitrogens with one attached hydrogen (secondary N) is 1. The Kier molecular flexibility index (Phi) is 8.34. The predicted molar refractivity (Wildman–Crippen MR) is 115 cm³/mol. The summed E-state index contributed by atoms with van der Waals surface area (Å²) < 4.78 is 0. The summed E-state index contributed by atoms with van der Waals surface area (Å²) in [7, 11) is 0. The molecule has 0 aliphatic rings. The normalized spacial score (nSPS) is 12.9. The van der Waals surface area contributed by atoms with Crippen LogP contribution >= 0.6 is 23.2 Å². The van der Waals surface area contributed by atoms with Crippen molar-refractivity contribution in [2.75, 3.05) is 0 Å². The van der Waals surface area contributed by atoms with Crippen LogP contribution in [0.5, 0.6) is 0 Å². The molecule has 2 amide bonds. The third-order valence-electron chi connectivity index (χ3n) is 4.71. The van der Waals surface area contributed by atoms with Crippen molar-refractivity contribution < 1.29 is 9.59 Å². The molecular weight excluding hydrogens is 395 g/mol. The topological polar surface area (TPSA) is 49.4 Å². The first kappa shape index (κ1) is 22.3. The molecule has 2 aromatic rings. The van der Waals surface area contributed by atoms with Crippen LogP contribution in [0.15, 0.2) is 48.5 Å². The van der Waals surface area contributed by atoms with E-state index >= 15 is 0 Å². The second-order valence-electron chi connectivity index (χ2n) is 6.91. The average Bonchev–Trinajstić information content (AvgIpc) is 2.66. The zero-order chi connectivity index (χ0) is 20.7. The molecule has 2 rings (SSSR count). The molecule has 0 heterocycles. The quantitative estimate of drug-likeness (QED) is 0.661. The summed E-state index contributed by atoms with van der Waals surface area (Å²) in [5.74, 6) is -0.338. The molecule has 2 aromatic carbocycles. The maximum Gasteiger partial charge on any atom is 0.242 e. The van der Waals surface area contributed by atoms with Crippen LogP contribution in [-0.2, 0) is 22.6 Å². The van der Waals surface area contributed by atoms with Gasteiger partial charge in [-0.3, -0.25) is 9.59 Å². The van der Waals surface area contributed by atoms with Crippen LogP contribution in [0.2, 0.25) is 10.0 Å². The van der Waals surface area contributed by atoms with Crippen LogP contribution in [0.3, 0.4) is 0 Å². The van der Waals surface area contributed by atoms with Gasteiger partial charge in [0.25, 0.3) is 0 Å². The summed E-state index contributed by atoms with van der Waals surface area (Å²) in [6.07, 6.45) is 0.978. The summed E-state index contributed by atoms with van der Waals surface area (Å²) >= 11 is 12.3. The minimum atomic E-state index is -0.628. The lowest BCUT2D eigenvalue weighted by Gasteiger charge is -2.30. The van der Waals surface area contributed by atoms with Crippen molar-refractivity contribution in [3.63, 3.8) is 0 Å². The van der Waals surface area contributed by atoms with E-state index in [0.717, 1.165) is 17.5 Å². The van der Waals surface area contributed by atoms with Crippen molar-refractivity contribution in [1.82, 2.24) is 10.2 Å². The first-order chi connectivity index (χ1) is 13.3. The van der Waals surface area contributed by atoms with E-state index in [0.29, 0.717) is 10.0 Å². The van der Waals surface area contributed by atoms with E-state index in [1.807, 2.05) is 44.2 Å². The fraction of sp³-hybridized carbons (Fsp3) is 0.364. The molecule has 0 spiro atoms. The number of rotatable bonds is 8. The molecule has 2 atom stereocenters. The Hall–Kier alpha value is -2.04. The minimum absolute atomic E-state index is 0.0418. The summed E-state index contributed by atoms with van der Waals surface area (Å²) in [6.45, 7) is 5.94. The summed E-state index contributed by atoms with van der Waals surface area (Å²) in [6, 6.07) is 13.9. The van der Waals surface area contributed by atoms with Gasteiger partial charge in [0.1, 0.15) is 6.04 Å². The van der Waals surface area contributed by atoms with Gasteiger partial charge in [0.15, 0.2) is 0 Å². The van der Waals surface area contributed by atoms with Crippen molar-refractivity contribution in [1.29, 1.82) is 0 Å². The van der Waals surface area contributed by atoms with Gasteiger partial charge in [0.05, 0.1) is 6.42 Å². The third kappa shape index (κ3) is 6.25. The molecule has 0 saturated heterocycles. The number of amides is 2. The smallest absolute Gasteiger partial charge is 0.242 e. The van der Waals surface area contributed by atoms with Crippen molar-refractivity contribution >= 4 is 35.0 Å². The van der Waals surface area contributed by atoms with Crippen molar-refractivity contribution in [2.24, 2.45) is 0 Å². The lowest BCUT2D eigenvalue weighted by molar-refractivity contribution is -0.140. The van der Waals surface area contributed by atoms with Gasteiger partial charge >= 0.3 is 0 Å². The Balaban J connectivity index is 2.25. The van der Waals surface area contributed by atoms with Crippen LogP contribution in [0.1, 0.15) is 38.3 Å². The lowest BCUT2D eigenvalue weighted by atomic mass is 10.1. The fourth-order valence-corrected chi connectivity index (χ4v) is 3.19. The van der Waals surface area contributed by atoms with Crippen LogP contribution in [0, 0.1) is 0 Å². The fourth-order valence-electron chi connectivity index (χ4n) is 2.78. The van der Waals surface area contributed by atoms with E-state index in [1.165, 1.54) is 0 Å². The molecule has 0 radical (unpaired) electrons. The largest absolute Gasteiger partial charge is 0.352 e. The van der Waals surface area contributed by atoms with Crippen molar-refractivity contribution in [3.05, 3.63) is 69.7 Å². The first-order valence-electron chi connectivity index (χ1n) is 9.39. The maximum absolute atomic E-state index is 13.1.